The molecule has 3 rings (SSSR count). The van der Waals surface area contributed by atoms with Gasteiger partial charge in [0.05, 0.1) is 10.6 Å². The van der Waals surface area contributed by atoms with E-state index in [0.717, 1.165) is 24.0 Å². The Balaban J connectivity index is 2.01. The summed E-state index contributed by atoms with van der Waals surface area (Å²) >= 11 is 0. The van der Waals surface area contributed by atoms with Crippen molar-refractivity contribution in [3.8, 4) is 0 Å². The molecule has 9 heteroatoms. The summed E-state index contributed by atoms with van der Waals surface area (Å²) in [6, 6.07) is 10.2. The number of para-hydroxylation sites is 1. The molecule has 0 aliphatic heterocycles. The summed E-state index contributed by atoms with van der Waals surface area (Å²) in [4.78, 5) is 18.7. The van der Waals surface area contributed by atoms with Gasteiger partial charge in [-0.15, -0.1) is 0 Å². The van der Waals surface area contributed by atoms with Crippen molar-refractivity contribution in [2.75, 3.05) is 10.6 Å². The van der Waals surface area contributed by atoms with Crippen LogP contribution in [0.3, 0.4) is 0 Å². The number of benzene rings is 2. The topological polar surface area (TPSA) is 93.0 Å². The molecule has 27 heavy (non-hydrogen) atoms. The fourth-order valence-corrected chi connectivity index (χ4v) is 2.53. The van der Waals surface area contributed by atoms with Crippen molar-refractivity contribution >= 4 is 28.7 Å². The van der Waals surface area contributed by atoms with E-state index in [2.05, 4.69) is 20.6 Å². The molecule has 1 heterocycles. The van der Waals surface area contributed by atoms with E-state index >= 15 is 0 Å². The second-order valence-electron chi connectivity index (χ2n) is 5.56. The van der Waals surface area contributed by atoms with Gasteiger partial charge in [0.1, 0.15) is 18.0 Å². The monoisotopic (exact) mass is 371 g/mol. The second-order valence-corrected chi connectivity index (χ2v) is 5.56. The minimum atomic E-state index is -0.895. The molecule has 0 amide bonds. The summed E-state index contributed by atoms with van der Waals surface area (Å²) in [5.41, 5.74) is 1.02. The SMILES string of the molecule is CCc1ccccc1Nc1ncnc(Nc2ccc(F)cc2F)c1[N+](=O)[O-]. The van der Waals surface area contributed by atoms with Crippen LogP contribution in [0.1, 0.15) is 12.5 Å². The maximum absolute atomic E-state index is 13.9. The summed E-state index contributed by atoms with van der Waals surface area (Å²) in [5.74, 6) is -1.90. The number of rotatable bonds is 6. The second kappa shape index (κ2) is 7.73. The van der Waals surface area contributed by atoms with E-state index in [0.29, 0.717) is 18.2 Å². The van der Waals surface area contributed by atoms with Gasteiger partial charge >= 0.3 is 5.69 Å². The molecular weight excluding hydrogens is 356 g/mol. The van der Waals surface area contributed by atoms with Gasteiger partial charge in [0.2, 0.25) is 11.6 Å². The van der Waals surface area contributed by atoms with Gasteiger partial charge < -0.3 is 10.6 Å². The first-order valence-corrected chi connectivity index (χ1v) is 8.06. The molecule has 3 aromatic rings. The molecule has 0 aliphatic carbocycles. The average Bonchev–Trinajstić information content (AvgIpc) is 2.64. The lowest BCUT2D eigenvalue weighted by Gasteiger charge is -2.12. The minimum Gasteiger partial charge on any atom is -0.334 e. The number of hydrogen-bond donors (Lipinski definition) is 2. The van der Waals surface area contributed by atoms with Crippen LogP contribution < -0.4 is 10.6 Å². The summed E-state index contributed by atoms with van der Waals surface area (Å²) in [7, 11) is 0. The number of aromatic nitrogens is 2. The molecule has 0 fully saturated rings. The first kappa shape index (κ1) is 18.2. The molecule has 2 aromatic carbocycles. The van der Waals surface area contributed by atoms with E-state index in [9.17, 15) is 18.9 Å². The van der Waals surface area contributed by atoms with Gasteiger partial charge in [-0.3, -0.25) is 10.1 Å². The zero-order valence-electron chi connectivity index (χ0n) is 14.2. The fraction of sp³-hybridized carbons (Fsp3) is 0.111. The van der Waals surface area contributed by atoms with Gasteiger partial charge in [-0.1, -0.05) is 25.1 Å². The van der Waals surface area contributed by atoms with Crippen molar-refractivity contribution in [1.29, 1.82) is 0 Å². The van der Waals surface area contributed by atoms with Crippen LogP contribution >= 0.6 is 0 Å². The van der Waals surface area contributed by atoms with E-state index in [-0.39, 0.29) is 17.3 Å². The number of nitrogens with one attached hydrogen (secondary N) is 2. The summed E-state index contributed by atoms with van der Waals surface area (Å²) in [6.07, 6.45) is 1.83. The third kappa shape index (κ3) is 3.97. The molecule has 7 nitrogen and oxygen atoms in total. The molecule has 1 aromatic heterocycles. The van der Waals surface area contributed by atoms with Gasteiger partial charge in [-0.2, -0.15) is 0 Å². The first-order chi connectivity index (χ1) is 13.0. The van der Waals surface area contributed by atoms with Crippen LogP contribution in [0, 0.1) is 21.7 Å². The number of aryl methyl sites for hydroxylation is 1. The van der Waals surface area contributed by atoms with Crippen LogP contribution in [0.2, 0.25) is 0 Å². The number of hydrogen-bond acceptors (Lipinski definition) is 6. The molecule has 0 atom stereocenters. The highest BCUT2D eigenvalue weighted by molar-refractivity contribution is 5.77. The lowest BCUT2D eigenvalue weighted by Crippen LogP contribution is -2.07. The zero-order valence-corrected chi connectivity index (χ0v) is 14.2. The first-order valence-electron chi connectivity index (χ1n) is 8.06. The number of nitro groups is 1. The van der Waals surface area contributed by atoms with Crippen LogP contribution in [0.5, 0.6) is 0 Å². The molecule has 0 bridgehead atoms. The smallest absolute Gasteiger partial charge is 0.334 e. The van der Waals surface area contributed by atoms with Crippen molar-refractivity contribution in [3.05, 3.63) is 76.1 Å². The predicted molar refractivity (Wildman–Crippen MR) is 97.4 cm³/mol. The van der Waals surface area contributed by atoms with Crippen molar-refractivity contribution < 1.29 is 13.7 Å². The van der Waals surface area contributed by atoms with Crippen LogP contribution in [0.15, 0.2) is 48.8 Å². The van der Waals surface area contributed by atoms with Crippen molar-refractivity contribution in [2.45, 2.75) is 13.3 Å². The largest absolute Gasteiger partial charge is 0.353 e. The summed E-state index contributed by atoms with van der Waals surface area (Å²) in [5, 5.41) is 17.1. The maximum Gasteiger partial charge on any atom is 0.353 e. The Morgan fingerprint density at radius 1 is 1.04 bits per heavy atom. The molecule has 0 saturated heterocycles. The highest BCUT2D eigenvalue weighted by Gasteiger charge is 2.24. The molecule has 138 valence electrons. The molecule has 0 saturated carbocycles. The maximum atomic E-state index is 13.9. The van der Waals surface area contributed by atoms with Crippen LogP contribution in [-0.4, -0.2) is 14.9 Å². The third-order valence-corrected chi connectivity index (χ3v) is 3.84. The average molecular weight is 371 g/mol. The molecule has 0 aliphatic rings. The van der Waals surface area contributed by atoms with E-state index in [1.165, 1.54) is 0 Å². The van der Waals surface area contributed by atoms with Gasteiger partial charge in [0, 0.05) is 11.8 Å². The molecule has 0 spiro atoms. The Kier molecular flexibility index (Phi) is 5.20. The molecular formula is C18H15F2N5O2. The highest BCUT2D eigenvalue weighted by atomic mass is 19.1. The number of nitrogens with zero attached hydrogens (tertiary/aromatic N) is 3. The van der Waals surface area contributed by atoms with E-state index < -0.39 is 22.2 Å². The van der Waals surface area contributed by atoms with Crippen molar-refractivity contribution in [1.82, 2.24) is 9.97 Å². The Morgan fingerprint density at radius 2 is 1.70 bits per heavy atom. The molecule has 0 unspecified atom stereocenters. The predicted octanol–water partition coefficient (Wildman–Crippen LogP) is 4.71. The fourth-order valence-electron chi connectivity index (χ4n) is 2.53. The van der Waals surface area contributed by atoms with Gasteiger partial charge in [0.25, 0.3) is 0 Å². The Labute approximate surface area is 153 Å². The van der Waals surface area contributed by atoms with Crippen LogP contribution in [0.4, 0.5) is 37.5 Å². The van der Waals surface area contributed by atoms with E-state index in [4.69, 9.17) is 0 Å². The minimum absolute atomic E-state index is 0.0408. The number of anilines is 4. The summed E-state index contributed by atoms with van der Waals surface area (Å²) in [6.45, 7) is 1.96. The van der Waals surface area contributed by atoms with Crippen molar-refractivity contribution in [3.63, 3.8) is 0 Å². The Hall–Kier alpha value is -3.62. The van der Waals surface area contributed by atoms with Crippen LogP contribution in [-0.2, 0) is 6.42 Å². The zero-order chi connectivity index (χ0) is 19.4. The van der Waals surface area contributed by atoms with Gasteiger partial charge in [-0.05, 0) is 30.2 Å². The molecule has 2 N–H and O–H groups in total. The van der Waals surface area contributed by atoms with E-state index in [1.807, 2.05) is 19.1 Å². The lowest BCUT2D eigenvalue weighted by atomic mass is 10.1. The highest BCUT2D eigenvalue weighted by Crippen LogP contribution is 2.34. The quantitative estimate of drug-likeness (QED) is 0.481. The standard InChI is InChI=1S/C18H15F2N5O2/c1-2-11-5-3-4-6-14(11)23-17-16(25(26)27)18(22-10-21-17)24-15-8-7-12(19)9-13(15)20/h3-10H,2H2,1H3,(H2,21,22,23,24). The van der Waals surface area contributed by atoms with Gasteiger partial charge in [-0.25, -0.2) is 18.7 Å². The lowest BCUT2D eigenvalue weighted by molar-refractivity contribution is -0.383. The van der Waals surface area contributed by atoms with Crippen molar-refractivity contribution in [2.24, 2.45) is 0 Å². The molecule has 0 radical (unpaired) electrons. The normalized spacial score (nSPS) is 10.5. The van der Waals surface area contributed by atoms with Gasteiger partial charge in [0.15, 0.2) is 0 Å². The Bertz CT molecular complexity index is 997. The summed E-state index contributed by atoms with van der Waals surface area (Å²) < 4.78 is 26.9. The Morgan fingerprint density at radius 3 is 2.33 bits per heavy atom. The third-order valence-electron chi connectivity index (χ3n) is 3.84. The van der Waals surface area contributed by atoms with E-state index in [1.54, 1.807) is 12.1 Å². The van der Waals surface area contributed by atoms with Crippen LogP contribution in [0.25, 0.3) is 0 Å². The number of halogens is 2.